The normalized spacial score (nSPS) is 11.0. The van der Waals surface area contributed by atoms with Crippen LogP contribution in [0.1, 0.15) is 22.1 Å². The van der Waals surface area contributed by atoms with E-state index in [9.17, 15) is 4.79 Å². The Labute approximate surface area is 161 Å². The highest BCUT2D eigenvalue weighted by molar-refractivity contribution is 5.91. The molecule has 7 heteroatoms. The molecule has 1 N–H and O–H groups in total. The summed E-state index contributed by atoms with van der Waals surface area (Å²) in [4.78, 5) is 16.9. The third-order valence-corrected chi connectivity index (χ3v) is 3.96. The maximum absolute atomic E-state index is 12.5. The summed E-state index contributed by atoms with van der Waals surface area (Å²) in [6.07, 6.45) is 1.43. The molecule has 138 valence electrons. The highest BCUT2D eigenvalue weighted by Gasteiger charge is 2.18. The number of rotatable bonds is 5. The smallest absolute Gasteiger partial charge is 0.311 e. The molecule has 2 heterocycles. The largest absolute Gasteiger partial charge is 0.460 e. The Morgan fingerprint density at radius 1 is 1.04 bits per heavy atom. The van der Waals surface area contributed by atoms with Gasteiger partial charge in [-0.2, -0.15) is 5.10 Å². The van der Waals surface area contributed by atoms with E-state index in [1.807, 2.05) is 73.7 Å². The number of aryl methyl sites for hydroxylation is 1. The van der Waals surface area contributed by atoms with Gasteiger partial charge < -0.3 is 4.42 Å². The summed E-state index contributed by atoms with van der Waals surface area (Å²) in [6.45, 7) is 1.83. The second-order valence-electron chi connectivity index (χ2n) is 6.02. The molecule has 0 spiro atoms. The van der Waals surface area contributed by atoms with Gasteiger partial charge in [0.15, 0.2) is 5.82 Å². The van der Waals surface area contributed by atoms with Gasteiger partial charge in [-0.3, -0.25) is 4.79 Å². The van der Waals surface area contributed by atoms with Gasteiger partial charge >= 0.3 is 5.91 Å². The molecule has 1 amide bonds. The van der Waals surface area contributed by atoms with E-state index in [0.29, 0.717) is 11.6 Å². The van der Waals surface area contributed by atoms with Gasteiger partial charge in [0.1, 0.15) is 11.5 Å². The molecule has 0 saturated heterocycles. The van der Waals surface area contributed by atoms with Crippen molar-refractivity contribution in [3.8, 4) is 17.1 Å². The van der Waals surface area contributed by atoms with Crippen molar-refractivity contribution in [2.45, 2.75) is 6.92 Å². The fourth-order valence-electron chi connectivity index (χ4n) is 2.66. The number of amides is 1. The first-order valence-corrected chi connectivity index (χ1v) is 8.68. The van der Waals surface area contributed by atoms with Crippen molar-refractivity contribution in [2.24, 2.45) is 5.10 Å². The average molecular weight is 371 g/mol. The minimum absolute atomic E-state index is 0.0236. The standard InChI is InChI=1S/C21H17N5O2/c1-15-12-13-18(28-15)14-22-24-21(27)19-23-20(16-8-4-2-5-9-16)26(25-19)17-10-6-3-7-11-17/h2-14H,1H3,(H,24,27)/b22-14+. The summed E-state index contributed by atoms with van der Waals surface area (Å²) in [6, 6.07) is 22.7. The predicted molar refractivity (Wildman–Crippen MR) is 105 cm³/mol. The number of nitrogens with one attached hydrogen (secondary N) is 1. The number of benzene rings is 2. The van der Waals surface area contributed by atoms with Crippen LogP contribution in [0.4, 0.5) is 0 Å². The zero-order chi connectivity index (χ0) is 19.3. The Bertz CT molecular complexity index is 1060. The molecule has 4 rings (SSSR count). The minimum atomic E-state index is -0.508. The van der Waals surface area contributed by atoms with Crippen molar-refractivity contribution < 1.29 is 9.21 Å². The van der Waals surface area contributed by atoms with Gasteiger partial charge in [-0.1, -0.05) is 48.5 Å². The number of aromatic nitrogens is 3. The minimum Gasteiger partial charge on any atom is -0.460 e. The molecule has 0 aliphatic rings. The molecule has 28 heavy (non-hydrogen) atoms. The Kier molecular flexibility index (Phi) is 4.79. The van der Waals surface area contributed by atoms with E-state index in [0.717, 1.165) is 17.0 Å². The van der Waals surface area contributed by atoms with Gasteiger partial charge in [0.2, 0.25) is 5.82 Å². The van der Waals surface area contributed by atoms with Gasteiger partial charge in [-0.25, -0.2) is 15.1 Å². The van der Waals surface area contributed by atoms with Crippen molar-refractivity contribution in [2.75, 3.05) is 0 Å². The predicted octanol–water partition coefficient (Wildman–Crippen LogP) is 3.60. The molecule has 0 aliphatic carbocycles. The van der Waals surface area contributed by atoms with Crippen molar-refractivity contribution in [1.29, 1.82) is 0 Å². The average Bonchev–Trinajstić information content (AvgIpc) is 3.36. The van der Waals surface area contributed by atoms with Crippen LogP contribution in [0, 0.1) is 6.92 Å². The Balaban J connectivity index is 1.63. The van der Waals surface area contributed by atoms with Crippen LogP contribution in [-0.2, 0) is 0 Å². The van der Waals surface area contributed by atoms with Crippen molar-refractivity contribution >= 4 is 12.1 Å². The summed E-state index contributed by atoms with van der Waals surface area (Å²) in [5.74, 6) is 1.40. The molecule has 0 aliphatic heterocycles. The number of hydrazone groups is 1. The van der Waals surface area contributed by atoms with Gasteiger partial charge in [0.05, 0.1) is 11.9 Å². The van der Waals surface area contributed by atoms with Crippen LogP contribution < -0.4 is 5.43 Å². The lowest BCUT2D eigenvalue weighted by atomic mass is 10.2. The summed E-state index contributed by atoms with van der Waals surface area (Å²) in [5.41, 5.74) is 4.09. The molecule has 2 aromatic carbocycles. The van der Waals surface area contributed by atoms with Crippen LogP contribution >= 0.6 is 0 Å². The van der Waals surface area contributed by atoms with Crippen LogP contribution in [0.2, 0.25) is 0 Å². The van der Waals surface area contributed by atoms with E-state index in [1.165, 1.54) is 6.21 Å². The number of para-hydroxylation sites is 1. The molecular weight excluding hydrogens is 354 g/mol. The monoisotopic (exact) mass is 371 g/mol. The fraction of sp³-hybridized carbons (Fsp3) is 0.0476. The molecule has 0 saturated carbocycles. The summed E-state index contributed by atoms with van der Waals surface area (Å²) < 4.78 is 7.02. The molecule has 0 bridgehead atoms. The third-order valence-electron chi connectivity index (χ3n) is 3.96. The first kappa shape index (κ1) is 17.4. The molecular formula is C21H17N5O2. The van der Waals surface area contributed by atoms with Crippen LogP contribution in [0.15, 0.2) is 82.3 Å². The first-order valence-electron chi connectivity index (χ1n) is 8.68. The SMILES string of the molecule is Cc1ccc(/C=N/NC(=O)c2nc(-c3ccccc3)n(-c3ccccc3)n2)o1. The zero-order valence-corrected chi connectivity index (χ0v) is 15.1. The lowest BCUT2D eigenvalue weighted by molar-refractivity contribution is 0.0945. The van der Waals surface area contributed by atoms with Crippen LogP contribution in [0.5, 0.6) is 0 Å². The molecule has 0 atom stereocenters. The topological polar surface area (TPSA) is 85.3 Å². The number of hydrogen-bond donors (Lipinski definition) is 1. The van der Waals surface area contributed by atoms with Crippen LogP contribution in [0.3, 0.4) is 0 Å². The van der Waals surface area contributed by atoms with Gasteiger partial charge in [-0.15, -0.1) is 5.10 Å². The Hall–Kier alpha value is -4.00. The van der Waals surface area contributed by atoms with E-state index in [-0.39, 0.29) is 5.82 Å². The summed E-state index contributed by atoms with van der Waals surface area (Å²) in [7, 11) is 0. The second kappa shape index (κ2) is 7.71. The highest BCUT2D eigenvalue weighted by Crippen LogP contribution is 2.20. The molecule has 2 aromatic heterocycles. The number of carbonyl (C=O) groups is 1. The number of hydrogen-bond acceptors (Lipinski definition) is 5. The maximum Gasteiger partial charge on any atom is 0.311 e. The lowest BCUT2D eigenvalue weighted by Crippen LogP contribution is -2.19. The summed E-state index contributed by atoms with van der Waals surface area (Å²) >= 11 is 0. The van der Waals surface area contributed by atoms with E-state index in [1.54, 1.807) is 10.7 Å². The number of carbonyl (C=O) groups excluding carboxylic acids is 1. The number of nitrogens with zero attached hydrogens (tertiary/aromatic N) is 4. The Morgan fingerprint density at radius 3 is 2.43 bits per heavy atom. The van der Waals surface area contributed by atoms with E-state index in [2.05, 4.69) is 20.6 Å². The molecule has 4 aromatic rings. The Morgan fingerprint density at radius 2 is 1.75 bits per heavy atom. The zero-order valence-electron chi connectivity index (χ0n) is 15.1. The molecule has 0 fully saturated rings. The van der Waals surface area contributed by atoms with Crippen molar-refractivity contribution in [3.63, 3.8) is 0 Å². The highest BCUT2D eigenvalue weighted by atomic mass is 16.3. The van der Waals surface area contributed by atoms with E-state index in [4.69, 9.17) is 4.42 Å². The van der Waals surface area contributed by atoms with E-state index < -0.39 is 5.91 Å². The van der Waals surface area contributed by atoms with Crippen molar-refractivity contribution in [3.05, 3.63) is 90.1 Å². The molecule has 7 nitrogen and oxygen atoms in total. The van der Waals surface area contributed by atoms with Crippen LogP contribution in [-0.4, -0.2) is 26.9 Å². The quantitative estimate of drug-likeness (QED) is 0.429. The molecule has 0 radical (unpaired) electrons. The first-order chi connectivity index (χ1) is 13.7. The third kappa shape index (κ3) is 3.73. The lowest BCUT2D eigenvalue weighted by Gasteiger charge is -2.05. The van der Waals surface area contributed by atoms with Gasteiger partial charge in [0, 0.05) is 5.56 Å². The van der Waals surface area contributed by atoms with Gasteiger partial charge in [0.25, 0.3) is 0 Å². The molecule has 0 unspecified atom stereocenters. The van der Waals surface area contributed by atoms with Gasteiger partial charge in [-0.05, 0) is 31.2 Å². The van der Waals surface area contributed by atoms with Crippen LogP contribution in [0.25, 0.3) is 17.1 Å². The summed E-state index contributed by atoms with van der Waals surface area (Å²) in [5, 5.41) is 8.29. The second-order valence-corrected chi connectivity index (χ2v) is 6.02. The maximum atomic E-state index is 12.5. The van der Waals surface area contributed by atoms with Crippen molar-refractivity contribution in [1.82, 2.24) is 20.2 Å². The fourth-order valence-corrected chi connectivity index (χ4v) is 2.66. The number of furan rings is 1. The van der Waals surface area contributed by atoms with E-state index >= 15 is 0 Å².